The summed E-state index contributed by atoms with van der Waals surface area (Å²) in [4.78, 5) is 24.0. The van der Waals surface area contributed by atoms with E-state index < -0.39 is 20.1 Å². The number of benzene rings is 11. The Kier molecular flexibility index (Phi) is 12.6. The van der Waals surface area contributed by atoms with Crippen LogP contribution in [0.2, 0.25) is 0 Å². The van der Waals surface area contributed by atoms with Crippen molar-refractivity contribution in [3.05, 3.63) is 315 Å². The van der Waals surface area contributed by atoms with Gasteiger partial charge < -0.3 is 4.81 Å². The molecule has 0 amide bonds. The Bertz CT molecular complexity index is 3560. The minimum atomic E-state index is -2.02. The van der Waals surface area contributed by atoms with Crippen LogP contribution in [0.25, 0.3) is 33.8 Å². The van der Waals surface area contributed by atoms with Gasteiger partial charge in [-0.15, -0.1) is 20.1 Å². The van der Waals surface area contributed by atoms with Crippen LogP contribution in [0.3, 0.4) is 0 Å². The second kappa shape index (κ2) is 20.4. The summed E-state index contributed by atoms with van der Waals surface area (Å²) in [5, 5.41) is 0. The smallest absolute Gasteiger partial charge is 0.330 e. The summed E-state index contributed by atoms with van der Waals surface area (Å²) >= 11 is 0. The SMILES string of the molecule is c1ccc(B2c3ccccc3-c3ccccc3N2c2cc(-c3cccc(S(c4ccccc4)(c4ccccc4)c4ccccc4)c3)nc(-c3cccc(S(c4ccccc4)(c4ccccc4)c4ccccc4)c3)n2)cc1. The van der Waals surface area contributed by atoms with Gasteiger partial charge in [-0.2, -0.15) is 0 Å². The molecular formula is C70H52BN3S2. The van der Waals surface area contributed by atoms with Crippen LogP contribution >= 0.6 is 20.1 Å². The molecule has 0 saturated carbocycles. The first-order valence-corrected chi connectivity index (χ1v) is 29.1. The van der Waals surface area contributed by atoms with Gasteiger partial charge in [0.1, 0.15) is 5.82 Å². The van der Waals surface area contributed by atoms with E-state index in [9.17, 15) is 0 Å². The van der Waals surface area contributed by atoms with Gasteiger partial charge in [0.25, 0.3) is 0 Å². The lowest BCUT2D eigenvalue weighted by molar-refractivity contribution is 1.14. The highest BCUT2D eigenvalue weighted by Gasteiger charge is 2.39. The normalized spacial score (nSPS) is 12.6. The van der Waals surface area contributed by atoms with E-state index in [0.717, 1.165) is 28.3 Å². The molecule has 0 fully saturated rings. The van der Waals surface area contributed by atoms with E-state index in [1.54, 1.807) is 0 Å². The molecular weight excluding hydrogens is 958 g/mol. The largest absolute Gasteiger partial charge is 0.361 e. The molecule has 13 rings (SSSR count). The van der Waals surface area contributed by atoms with E-state index in [1.807, 2.05) is 0 Å². The van der Waals surface area contributed by atoms with E-state index in [2.05, 4.69) is 320 Å². The lowest BCUT2D eigenvalue weighted by Gasteiger charge is -2.42. The predicted molar refractivity (Wildman–Crippen MR) is 318 cm³/mol. The fourth-order valence-electron chi connectivity index (χ4n) is 11.3. The zero-order valence-corrected chi connectivity index (χ0v) is 43.4. The third kappa shape index (κ3) is 8.15. The molecule has 11 aromatic carbocycles. The quantitative estimate of drug-likeness (QED) is 0.114. The zero-order chi connectivity index (χ0) is 50.7. The Morgan fingerprint density at radius 2 is 0.658 bits per heavy atom. The maximum absolute atomic E-state index is 5.79. The maximum atomic E-state index is 5.79. The summed E-state index contributed by atoms with van der Waals surface area (Å²) in [6.07, 6.45) is 0. The number of para-hydroxylation sites is 1. The molecule has 3 nitrogen and oxygen atoms in total. The molecule has 12 aromatic rings. The summed E-state index contributed by atoms with van der Waals surface area (Å²) in [5.74, 6) is 1.46. The van der Waals surface area contributed by atoms with Gasteiger partial charge in [0.05, 0.1) is 5.69 Å². The van der Waals surface area contributed by atoms with E-state index in [-0.39, 0.29) is 6.85 Å². The van der Waals surface area contributed by atoms with Gasteiger partial charge in [-0.1, -0.05) is 212 Å². The van der Waals surface area contributed by atoms with Crippen molar-refractivity contribution in [1.82, 2.24) is 9.97 Å². The van der Waals surface area contributed by atoms with Gasteiger partial charge >= 0.3 is 6.85 Å². The van der Waals surface area contributed by atoms with Crippen molar-refractivity contribution < 1.29 is 0 Å². The summed E-state index contributed by atoms with van der Waals surface area (Å²) < 4.78 is 0. The molecule has 1 aliphatic rings. The van der Waals surface area contributed by atoms with Gasteiger partial charge in [0, 0.05) is 67.6 Å². The first-order chi connectivity index (χ1) is 37.7. The molecule has 2 heterocycles. The fourth-order valence-corrected chi connectivity index (χ4v) is 19.1. The third-order valence-electron chi connectivity index (χ3n) is 14.6. The lowest BCUT2D eigenvalue weighted by atomic mass is 9.46. The standard InChI is InChI=1S/C70H52BN3S2/c1-8-30-55(31-9-1)71-66-48-24-22-46-64(66)65-47-23-25-49-68(65)74(71)69-52-67(53-28-26-44-62(50-53)75(56-32-10-2-11-33-56,57-34-12-3-13-35-57)58-36-14-4-15-37-58)72-70(73-69)54-29-27-45-63(51-54)76(59-38-16-5-17-39-59,60-40-18-6-19-41-60)61-42-20-7-21-43-61/h1-52H. The first kappa shape index (κ1) is 46.8. The number of aromatic nitrogens is 2. The van der Waals surface area contributed by atoms with Crippen LogP contribution in [0, 0.1) is 0 Å². The topological polar surface area (TPSA) is 29.0 Å². The van der Waals surface area contributed by atoms with Crippen molar-refractivity contribution in [3.63, 3.8) is 0 Å². The van der Waals surface area contributed by atoms with E-state index in [1.165, 1.54) is 61.2 Å². The number of hydrogen-bond donors (Lipinski definition) is 0. The average Bonchev–Trinajstić information content (AvgIpc) is 3.63. The third-order valence-corrected chi connectivity index (χ3v) is 22.3. The minimum Gasteiger partial charge on any atom is -0.361 e. The van der Waals surface area contributed by atoms with Gasteiger partial charge in [0.2, 0.25) is 0 Å². The Hall–Kier alpha value is -8.94. The first-order valence-electron chi connectivity index (χ1n) is 25.8. The van der Waals surface area contributed by atoms with Crippen molar-refractivity contribution in [3.8, 4) is 33.8 Å². The van der Waals surface area contributed by atoms with Crippen LogP contribution in [0.1, 0.15) is 0 Å². The molecule has 0 spiro atoms. The molecule has 0 atom stereocenters. The summed E-state index contributed by atoms with van der Waals surface area (Å²) in [6, 6.07) is 115. The van der Waals surface area contributed by atoms with E-state index in [0.29, 0.717) is 5.82 Å². The van der Waals surface area contributed by atoms with Crippen molar-refractivity contribution in [1.29, 1.82) is 0 Å². The van der Waals surface area contributed by atoms with Gasteiger partial charge in [-0.05, 0) is 114 Å². The fraction of sp³-hybridized carbons (Fsp3) is 0. The Labute approximate surface area is 449 Å². The van der Waals surface area contributed by atoms with Crippen molar-refractivity contribution in [2.75, 3.05) is 4.81 Å². The van der Waals surface area contributed by atoms with Gasteiger partial charge in [-0.3, -0.25) is 0 Å². The molecule has 0 saturated heterocycles. The monoisotopic (exact) mass is 1010 g/mol. The average molecular weight is 1010 g/mol. The zero-order valence-electron chi connectivity index (χ0n) is 41.8. The van der Waals surface area contributed by atoms with Crippen molar-refractivity contribution in [2.45, 2.75) is 39.2 Å². The maximum Gasteiger partial charge on any atom is 0.330 e. The Morgan fingerprint density at radius 3 is 1.13 bits per heavy atom. The minimum absolute atomic E-state index is 0.182. The number of rotatable bonds is 12. The molecule has 0 radical (unpaired) electrons. The Morgan fingerprint density at radius 1 is 0.289 bits per heavy atom. The summed E-state index contributed by atoms with van der Waals surface area (Å²) in [5.41, 5.74) is 8.68. The number of nitrogens with zero attached hydrogens (tertiary/aromatic N) is 3. The van der Waals surface area contributed by atoms with Crippen LogP contribution < -0.4 is 15.7 Å². The molecule has 0 N–H and O–H groups in total. The van der Waals surface area contributed by atoms with E-state index in [4.69, 9.17) is 9.97 Å². The van der Waals surface area contributed by atoms with Gasteiger partial charge in [0.15, 0.2) is 5.82 Å². The number of hydrogen-bond acceptors (Lipinski definition) is 3. The van der Waals surface area contributed by atoms with Crippen LogP contribution in [-0.2, 0) is 0 Å². The van der Waals surface area contributed by atoms with Crippen LogP contribution in [0.5, 0.6) is 0 Å². The second-order valence-electron chi connectivity index (χ2n) is 18.9. The molecule has 362 valence electrons. The molecule has 6 heteroatoms. The highest BCUT2D eigenvalue weighted by molar-refractivity contribution is 8.34. The Balaban J connectivity index is 1.09. The highest BCUT2D eigenvalue weighted by atomic mass is 32.3. The molecule has 0 aliphatic carbocycles. The lowest BCUT2D eigenvalue weighted by Crippen LogP contribution is -2.57. The molecule has 1 aromatic heterocycles. The van der Waals surface area contributed by atoms with Crippen LogP contribution in [0.4, 0.5) is 11.5 Å². The summed E-state index contributed by atoms with van der Waals surface area (Å²) in [6.45, 7) is -0.182. The van der Waals surface area contributed by atoms with Gasteiger partial charge in [-0.25, -0.2) is 9.97 Å². The molecule has 0 unspecified atom stereocenters. The van der Waals surface area contributed by atoms with Crippen LogP contribution in [-0.4, -0.2) is 16.8 Å². The predicted octanol–water partition coefficient (Wildman–Crippen LogP) is 17.4. The molecule has 0 bridgehead atoms. The van der Waals surface area contributed by atoms with Crippen molar-refractivity contribution >= 4 is 49.3 Å². The van der Waals surface area contributed by atoms with Crippen LogP contribution in [0.15, 0.2) is 355 Å². The number of fused-ring (bicyclic) bond motifs is 3. The molecule has 1 aliphatic heterocycles. The number of anilines is 2. The second-order valence-corrected chi connectivity index (χ2v) is 25.1. The van der Waals surface area contributed by atoms with E-state index >= 15 is 0 Å². The van der Waals surface area contributed by atoms with Crippen molar-refractivity contribution in [2.24, 2.45) is 0 Å². The summed E-state index contributed by atoms with van der Waals surface area (Å²) in [7, 11) is -4.02. The molecule has 76 heavy (non-hydrogen) atoms. The highest BCUT2D eigenvalue weighted by Crippen LogP contribution is 2.75.